The molecule has 0 unspecified atom stereocenters. The van der Waals surface area contributed by atoms with Gasteiger partial charge in [-0.15, -0.1) is 0 Å². The Bertz CT molecular complexity index is 483. The van der Waals surface area contributed by atoms with Gasteiger partial charge in [-0.1, -0.05) is 12.2 Å². The molecule has 0 aliphatic carbocycles. The number of anilines is 1. The maximum Gasteiger partial charge on any atom is 0.123 e. The van der Waals surface area contributed by atoms with Crippen molar-refractivity contribution in [3.05, 3.63) is 21.8 Å². The lowest BCUT2D eigenvalue weighted by molar-refractivity contribution is 0.122. The van der Waals surface area contributed by atoms with Gasteiger partial charge >= 0.3 is 0 Å². The second kappa shape index (κ2) is 4.64. The van der Waals surface area contributed by atoms with Crippen LogP contribution in [0.2, 0.25) is 0 Å². The molecular weight excluding hydrogens is 222 g/mol. The molecule has 1 saturated heterocycles. The van der Waals surface area contributed by atoms with E-state index in [9.17, 15) is 0 Å². The quantitative estimate of drug-likeness (QED) is 0.754. The topological polar surface area (TPSA) is 52.0 Å². The molecular formula is C11H13N3OS. The molecule has 5 heteroatoms. The molecule has 1 aromatic heterocycles. The molecule has 16 heavy (non-hydrogen) atoms. The maximum absolute atomic E-state index is 8.93. The van der Waals surface area contributed by atoms with Crippen LogP contribution in [0, 0.1) is 22.9 Å². The molecule has 0 amide bonds. The van der Waals surface area contributed by atoms with Gasteiger partial charge in [0.25, 0.3) is 0 Å². The van der Waals surface area contributed by atoms with Crippen molar-refractivity contribution in [1.82, 2.24) is 4.98 Å². The van der Waals surface area contributed by atoms with E-state index in [4.69, 9.17) is 22.2 Å². The van der Waals surface area contributed by atoms with Gasteiger partial charge in [-0.05, 0) is 18.6 Å². The number of nitrogens with one attached hydrogen (secondary N) is 1. The Kier molecular flexibility index (Phi) is 3.22. The summed E-state index contributed by atoms with van der Waals surface area (Å²) in [5.41, 5.74) is 1.49. The minimum Gasteiger partial charge on any atom is -0.378 e. The fourth-order valence-corrected chi connectivity index (χ4v) is 2.10. The first-order valence-corrected chi connectivity index (χ1v) is 5.60. The van der Waals surface area contributed by atoms with Crippen LogP contribution in [0.5, 0.6) is 0 Å². The second-order valence-electron chi connectivity index (χ2n) is 3.75. The van der Waals surface area contributed by atoms with Crippen LogP contribution in [0.1, 0.15) is 11.1 Å². The third-order valence-corrected chi connectivity index (χ3v) is 2.99. The molecule has 84 valence electrons. The molecule has 4 nitrogen and oxygen atoms in total. The van der Waals surface area contributed by atoms with Crippen molar-refractivity contribution in [2.75, 3.05) is 31.2 Å². The van der Waals surface area contributed by atoms with Crippen molar-refractivity contribution in [2.45, 2.75) is 6.92 Å². The fraction of sp³-hybridized carbons (Fsp3) is 0.455. The second-order valence-corrected chi connectivity index (χ2v) is 4.16. The van der Waals surface area contributed by atoms with E-state index in [1.54, 1.807) is 0 Å². The predicted octanol–water partition coefficient (Wildman–Crippen LogP) is 1.76. The van der Waals surface area contributed by atoms with E-state index < -0.39 is 0 Å². The Balaban J connectivity index is 2.36. The largest absolute Gasteiger partial charge is 0.378 e. The molecule has 1 aromatic rings. The number of hydrogen-bond acceptors (Lipinski definition) is 4. The van der Waals surface area contributed by atoms with E-state index in [1.165, 1.54) is 0 Å². The molecule has 1 aliphatic heterocycles. The van der Waals surface area contributed by atoms with Crippen LogP contribution in [0.25, 0.3) is 0 Å². The zero-order valence-electron chi connectivity index (χ0n) is 9.12. The van der Waals surface area contributed by atoms with Crippen molar-refractivity contribution in [3.8, 4) is 6.07 Å². The van der Waals surface area contributed by atoms with Crippen LogP contribution >= 0.6 is 12.2 Å². The average Bonchev–Trinajstić information content (AvgIpc) is 2.30. The van der Waals surface area contributed by atoms with Gasteiger partial charge in [0.2, 0.25) is 0 Å². The van der Waals surface area contributed by atoms with Crippen molar-refractivity contribution in [2.24, 2.45) is 0 Å². The number of morpholine rings is 1. The average molecular weight is 235 g/mol. The zero-order chi connectivity index (χ0) is 11.5. The zero-order valence-corrected chi connectivity index (χ0v) is 9.93. The molecule has 0 aromatic carbocycles. The molecule has 0 bridgehead atoms. The highest BCUT2D eigenvalue weighted by Gasteiger charge is 2.13. The maximum atomic E-state index is 8.93. The number of H-pyrrole nitrogens is 1. The van der Waals surface area contributed by atoms with Crippen molar-refractivity contribution >= 4 is 18.0 Å². The summed E-state index contributed by atoms with van der Waals surface area (Å²) in [6, 6.07) is 4.09. The summed E-state index contributed by atoms with van der Waals surface area (Å²) in [4.78, 5) is 5.29. The van der Waals surface area contributed by atoms with E-state index in [-0.39, 0.29) is 0 Å². The Labute approximate surface area is 99.5 Å². The molecule has 1 N–H and O–H groups in total. The van der Waals surface area contributed by atoms with Gasteiger partial charge < -0.3 is 14.6 Å². The van der Waals surface area contributed by atoms with Crippen molar-refractivity contribution in [1.29, 1.82) is 5.26 Å². The van der Waals surface area contributed by atoms with Crippen LogP contribution in [-0.2, 0) is 4.74 Å². The Morgan fingerprint density at radius 2 is 2.19 bits per heavy atom. The van der Waals surface area contributed by atoms with Crippen LogP contribution in [0.4, 0.5) is 5.82 Å². The van der Waals surface area contributed by atoms with E-state index in [0.717, 1.165) is 37.7 Å². The highest BCUT2D eigenvalue weighted by atomic mass is 32.1. The van der Waals surface area contributed by atoms with Gasteiger partial charge in [0, 0.05) is 13.1 Å². The van der Waals surface area contributed by atoms with Crippen molar-refractivity contribution in [3.63, 3.8) is 0 Å². The molecule has 1 fully saturated rings. The van der Waals surface area contributed by atoms with Crippen LogP contribution in [0.15, 0.2) is 6.07 Å². The number of rotatable bonds is 1. The molecule has 0 spiro atoms. The van der Waals surface area contributed by atoms with Crippen LogP contribution < -0.4 is 4.90 Å². The summed E-state index contributed by atoms with van der Waals surface area (Å²) in [7, 11) is 0. The predicted molar refractivity (Wildman–Crippen MR) is 64.1 cm³/mol. The number of pyridine rings is 1. The van der Waals surface area contributed by atoms with Gasteiger partial charge in [0.15, 0.2) is 0 Å². The van der Waals surface area contributed by atoms with Gasteiger partial charge in [-0.25, -0.2) is 0 Å². The first kappa shape index (κ1) is 11.1. The number of aromatic amines is 1. The molecule has 1 aliphatic rings. The van der Waals surface area contributed by atoms with Crippen molar-refractivity contribution < 1.29 is 4.74 Å². The lowest BCUT2D eigenvalue weighted by atomic mass is 10.2. The minimum absolute atomic E-state index is 0.518. The third kappa shape index (κ3) is 2.08. The summed E-state index contributed by atoms with van der Waals surface area (Å²) < 4.78 is 5.81. The summed E-state index contributed by atoms with van der Waals surface area (Å²) in [6.07, 6.45) is 0. The molecule has 0 atom stereocenters. The molecule has 0 saturated carbocycles. The standard InChI is InChI=1S/C11H13N3OS/c1-8-6-10(13-11(16)9(8)7-12)14-2-4-15-5-3-14/h6H,2-5H2,1H3,(H,13,16). The Hall–Kier alpha value is -1.38. The highest BCUT2D eigenvalue weighted by molar-refractivity contribution is 7.71. The van der Waals surface area contributed by atoms with Gasteiger partial charge in [0.1, 0.15) is 16.5 Å². The number of nitrogens with zero attached hydrogens (tertiary/aromatic N) is 2. The molecule has 2 heterocycles. The van der Waals surface area contributed by atoms with E-state index in [0.29, 0.717) is 10.2 Å². The number of nitriles is 1. The smallest absolute Gasteiger partial charge is 0.123 e. The Morgan fingerprint density at radius 3 is 2.75 bits per heavy atom. The number of aromatic nitrogens is 1. The molecule has 0 radical (unpaired) electrons. The summed E-state index contributed by atoms with van der Waals surface area (Å²) in [6.45, 7) is 5.10. The highest BCUT2D eigenvalue weighted by Crippen LogP contribution is 2.17. The first-order valence-electron chi connectivity index (χ1n) is 5.19. The number of hydrogen-bond donors (Lipinski definition) is 1. The van der Waals surface area contributed by atoms with E-state index >= 15 is 0 Å². The SMILES string of the molecule is Cc1cc(N2CCOCC2)[nH]c(=S)c1C#N. The minimum atomic E-state index is 0.518. The van der Waals surface area contributed by atoms with Crippen LogP contribution in [0.3, 0.4) is 0 Å². The number of ether oxygens (including phenoxy) is 1. The fourth-order valence-electron chi connectivity index (χ4n) is 1.78. The lowest BCUT2D eigenvalue weighted by Crippen LogP contribution is -2.36. The lowest BCUT2D eigenvalue weighted by Gasteiger charge is -2.28. The summed E-state index contributed by atoms with van der Waals surface area (Å²) in [5, 5.41) is 8.93. The van der Waals surface area contributed by atoms with Gasteiger partial charge in [0.05, 0.1) is 18.8 Å². The third-order valence-electron chi connectivity index (χ3n) is 2.68. The number of aryl methyl sites for hydroxylation is 1. The first-order chi connectivity index (χ1) is 7.72. The van der Waals surface area contributed by atoms with Gasteiger partial charge in [-0.3, -0.25) is 0 Å². The Morgan fingerprint density at radius 1 is 1.50 bits per heavy atom. The molecule has 2 rings (SSSR count). The van der Waals surface area contributed by atoms with Crippen LogP contribution in [-0.4, -0.2) is 31.3 Å². The monoisotopic (exact) mass is 235 g/mol. The van der Waals surface area contributed by atoms with Gasteiger partial charge in [-0.2, -0.15) is 5.26 Å². The van der Waals surface area contributed by atoms with E-state index in [1.807, 2.05) is 13.0 Å². The normalized spacial score (nSPS) is 15.9. The summed E-state index contributed by atoms with van der Waals surface area (Å²) >= 11 is 5.16. The van der Waals surface area contributed by atoms with E-state index in [2.05, 4.69) is 16.0 Å². The summed E-state index contributed by atoms with van der Waals surface area (Å²) in [5.74, 6) is 0.977.